The Morgan fingerprint density at radius 1 is 1.32 bits per heavy atom. The van der Waals surface area contributed by atoms with Gasteiger partial charge in [-0.15, -0.1) is 0 Å². The third-order valence-corrected chi connectivity index (χ3v) is 3.50. The fraction of sp³-hybridized carbons (Fsp3) is 0.143. The van der Waals surface area contributed by atoms with Crippen molar-refractivity contribution < 1.29 is 4.79 Å². The molecule has 0 aliphatic carbocycles. The van der Waals surface area contributed by atoms with Gasteiger partial charge in [0.15, 0.2) is 0 Å². The number of nitrogens with zero attached hydrogens (tertiary/aromatic N) is 2. The van der Waals surface area contributed by atoms with Crippen molar-refractivity contribution in [2.24, 2.45) is 0 Å². The average Bonchev–Trinajstić information content (AvgIpc) is 2.42. The Kier molecular flexibility index (Phi) is 4.56. The van der Waals surface area contributed by atoms with Crippen LogP contribution in [-0.4, -0.2) is 22.8 Å². The summed E-state index contributed by atoms with van der Waals surface area (Å²) >= 11 is 9.40. The molecule has 1 aromatic heterocycles. The Balaban J connectivity index is 2.17. The van der Waals surface area contributed by atoms with E-state index >= 15 is 0 Å². The van der Waals surface area contributed by atoms with Crippen molar-refractivity contribution in [1.29, 1.82) is 0 Å². The van der Waals surface area contributed by atoms with E-state index in [-0.39, 0.29) is 5.91 Å². The molecule has 0 atom stereocenters. The second-order valence-electron chi connectivity index (χ2n) is 4.14. The third kappa shape index (κ3) is 3.55. The molecular formula is C14H12BrClN2O. The summed E-state index contributed by atoms with van der Waals surface area (Å²) in [6.07, 6.45) is 3.42. The van der Waals surface area contributed by atoms with Crippen LogP contribution in [0, 0.1) is 0 Å². The zero-order chi connectivity index (χ0) is 13.8. The van der Waals surface area contributed by atoms with Crippen LogP contribution in [0.15, 0.2) is 47.2 Å². The van der Waals surface area contributed by atoms with Gasteiger partial charge in [0.1, 0.15) is 0 Å². The van der Waals surface area contributed by atoms with Crippen LogP contribution in [0.5, 0.6) is 0 Å². The summed E-state index contributed by atoms with van der Waals surface area (Å²) in [4.78, 5) is 17.9. The monoisotopic (exact) mass is 338 g/mol. The highest BCUT2D eigenvalue weighted by molar-refractivity contribution is 9.10. The summed E-state index contributed by atoms with van der Waals surface area (Å²) in [5.41, 5.74) is 1.52. The van der Waals surface area contributed by atoms with Gasteiger partial charge in [0.05, 0.1) is 10.6 Å². The molecule has 1 amide bonds. The Labute approximate surface area is 125 Å². The molecule has 1 heterocycles. The molecule has 0 saturated heterocycles. The van der Waals surface area contributed by atoms with E-state index in [0.717, 1.165) is 10.0 Å². The molecule has 0 aliphatic rings. The number of carbonyl (C=O) groups is 1. The van der Waals surface area contributed by atoms with Crippen molar-refractivity contribution in [3.8, 4) is 0 Å². The summed E-state index contributed by atoms with van der Waals surface area (Å²) in [7, 11) is 1.75. The third-order valence-electron chi connectivity index (χ3n) is 2.67. The van der Waals surface area contributed by atoms with Crippen molar-refractivity contribution in [2.45, 2.75) is 6.54 Å². The van der Waals surface area contributed by atoms with Gasteiger partial charge in [0, 0.05) is 30.5 Å². The molecule has 0 spiro atoms. The lowest BCUT2D eigenvalue weighted by Crippen LogP contribution is -2.26. The van der Waals surface area contributed by atoms with E-state index in [0.29, 0.717) is 17.1 Å². The number of aromatic nitrogens is 1. The first-order valence-corrected chi connectivity index (χ1v) is 6.84. The van der Waals surface area contributed by atoms with E-state index < -0.39 is 0 Å². The van der Waals surface area contributed by atoms with Gasteiger partial charge < -0.3 is 4.90 Å². The minimum absolute atomic E-state index is 0.108. The molecule has 3 nitrogen and oxygen atoms in total. The average molecular weight is 340 g/mol. The molecule has 0 radical (unpaired) electrons. The maximum absolute atomic E-state index is 12.3. The van der Waals surface area contributed by atoms with E-state index in [9.17, 15) is 4.79 Å². The SMILES string of the molecule is CN(Cc1ccncc1)C(=O)c1cc(Br)ccc1Cl. The Bertz CT molecular complexity index is 589. The largest absolute Gasteiger partial charge is 0.337 e. The molecule has 98 valence electrons. The number of hydrogen-bond acceptors (Lipinski definition) is 2. The van der Waals surface area contributed by atoms with E-state index in [1.165, 1.54) is 0 Å². The molecule has 19 heavy (non-hydrogen) atoms. The van der Waals surface area contributed by atoms with Crippen LogP contribution in [-0.2, 0) is 6.54 Å². The van der Waals surface area contributed by atoms with Gasteiger partial charge in [-0.1, -0.05) is 27.5 Å². The minimum Gasteiger partial charge on any atom is -0.337 e. The van der Waals surface area contributed by atoms with Gasteiger partial charge in [-0.25, -0.2) is 0 Å². The van der Waals surface area contributed by atoms with Gasteiger partial charge >= 0.3 is 0 Å². The number of hydrogen-bond donors (Lipinski definition) is 0. The van der Waals surface area contributed by atoms with Crippen LogP contribution in [0.2, 0.25) is 5.02 Å². The van der Waals surface area contributed by atoms with Crippen LogP contribution in [0.4, 0.5) is 0 Å². The summed E-state index contributed by atoms with van der Waals surface area (Å²) in [5.74, 6) is -0.108. The molecule has 0 bridgehead atoms. The van der Waals surface area contributed by atoms with Gasteiger partial charge in [0.25, 0.3) is 5.91 Å². The quantitative estimate of drug-likeness (QED) is 0.853. The lowest BCUT2D eigenvalue weighted by Gasteiger charge is -2.18. The second kappa shape index (κ2) is 6.17. The number of halogens is 2. The van der Waals surface area contributed by atoms with E-state index in [2.05, 4.69) is 20.9 Å². The van der Waals surface area contributed by atoms with Crippen LogP contribution in [0.3, 0.4) is 0 Å². The Morgan fingerprint density at radius 2 is 2.00 bits per heavy atom. The fourth-order valence-electron chi connectivity index (χ4n) is 1.70. The van der Waals surface area contributed by atoms with Crippen molar-refractivity contribution >= 4 is 33.4 Å². The normalized spacial score (nSPS) is 10.3. The summed E-state index contributed by atoms with van der Waals surface area (Å²) in [6, 6.07) is 9.01. The number of benzene rings is 1. The highest BCUT2D eigenvalue weighted by Crippen LogP contribution is 2.22. The Morgan fingerprint density at radius 3 is 2.68 bits per heavy atom. The van der Waals surface area contributed by atoms with E-state index in [1.807, 2.05) is 18.2 Å². The second-order valence-corrected chi connectivity index (χ2v) is 5.46. The smallest absolute Gasteiger partial charge is 0.255 e. The minimum atomic E-state index is -0.108. The van der Waals surface area contributed by atoms with Crippen LogP contribution in [0.1, 0.15) is 15.9 Å². The molecule has 0 unspecified atom stereocenters. The van der Waals surface area contributed by atoms with Crippen molar-refractivity contribution in [2.75, 3.05) is 7.05 Å². The molecule has 5 heteroatoms. The zero-order valence-corrected chi connectivity index (χ0v) is 12.6. The number of carbonyl (C=O) groups excluding carboxylic acids is 1. The van der Waals surface area contributed by atoms with E-state index in [1.54, 1.807) is 36.5 Å². The van der Waals surface area contributed by atoms with Gasteiger partial charge in [-0.2, -0.15) is 0 Å². The standard InChI is InChI=1S/C14H12BrClN2O/c1-18(9-10-4-6-17-7-5-10)14(19)12-8-11(15)2-3-13(12)16/h2-8H,9H2,1H3. The lowest BCUT2D eigenvalue weighted by molar-refractivity contribution is 0.0785. The van der Waals surface area contributed by atoms with Gasteiger partial charge in [-0.05, 0) is 35.9 Å². The van der Waals surface area contributed by atoms with Crippen molar-refractivity contribution in [1.82, 2.24) is 9.88 Å². The number of amides is 1. The van der Waals surface area contributed by atoms with Gasteiger partial charge in [-0.3, -0.25) is 9.78 Å². The predicted octanol–water partition coefficient (Wildman–Crippen LogP) is 3.77. The lowest BCUT2D eigenvalue weighted by atomic mass is 10.2. The fourth-order valence-corrected chi connectivity index (χ4v) is 2.26. The summed E-state index contributed by atoms with van der Waals surface area (Å²) in [6.45, 7) is 0.518. The summed E-state index contributed by atoms with van der Waals surface area (Å²) < 4.78 is 0.831. The molecule has 1 aromatic carbocycles. The van der Waals surface area contributed by atoms with Crippen LogP contribution >= 0.6 is 27.5 Å². The first-order chi connectivity index (χ1) is 9.08. The van der Waals surface area contributed by atoms with Crippen LogP contribution in [0.25, 0.3) is 0 Å². The predicted molar refractivity (Wildman–Crippen MR) is 79.2 cm³/mol. The first kappa shape index (κ1) is 14.0. The number of pyridine rings is 1. The first-order valence-electron chi connectivity index (χ1n) is 5.67. The van der Waals surface area contributed by atoms with Crippen molar-refractivity contribution in [3.63, 3.8) is 0 Å². The van der Waals surface area contributed by atoms with E-state index in [4.69, 9.17) is 11.6 Å². The Hall–Kier alpha value is -1.39. The summed E-state index contributed by atoms with van der Waals surface area (Å²) in [5, 5.41) is 0.453. The highest BCUT2D eigenvalue weighted by atomic mass is 79.9. The molecule has 2 rings (SSSR count). The zero-order valence-electron chi connectivity index (χ0n) is 10.3. The van der Waals surface area contributed by atoms with Gasteiger partial charge in [0.2, 0.25) is 0 Å². The molecule has 0 aliphatic heterocycles. The molecule has 0 saturated carbocycles. The highest BCUT2D eigenvalue weighted by Gasteiger charge is 2.15. The number of rotatable bonds is 3. The maximum Gasteiger partial charge on any atom is 0.255 e. The van der Waals surface area contributed by atoms with Crippen molar-refractivity contribution in [3.05, 3.63) is 63.3 Å². The molecule has 0 N–H and O–H groups in total. The maximum atomic E-state index is 12.3. The molecule has 0 fully saturated rings. The topological polar surface area (TPSA) is 33.2 Å². The molecule has 2 aromatic rings. The molecular weight excluding hydrogens is 328 g/mol. The van der Waals surface area contributed by atoms with Crippen LogP contribution < -0.4 is 0 Å².